The predicted octanol–water partition coefficient (Wildman–Crippen LogP) is 0.735. The number of aliphatic hydroxyl groups excluding tert-OH is 1. The van der Waals surface area contributed by atoms with Gasteiger partial charge in [0.25, 0.3) is 0 Å². The summed E-state index contributed by atoms with van der Waals surface area (Å²) in [6.07, 6.45) is 5.53. The number of terminal acetylenes is 1. The minimum atomic E-state index is -1.27. The molecule has 2 amide bonds. The van der Waals surface area contributed by atoms with E-state index in [1.165, 1.54) is 7.11 Å². The van der Waals surface area contributed by atoms with Crippen LogP contribution in [0, 0.1) is 12.3 Å². The fourth-order valence-electron chi connectivity index (χ4n) is 2.17. The molecule has 0 radical (unpaired) electrons. The third-order valence-electron chi connectivity index (χ3n) is 3.62. The number of ether oxygens (including phenoxy) is 2. The summed E-state index contributed by atoms with van der Waals surface area (Å²) < 4.78 is 9.65. The van der Waals surface area contributed by atoms with Crippen LogP contribution in [0.25, 0.3) is 0 Å². The van der Waals surface area contributed by atoms with Gasteiger partial charge in [0.1, 0.15) is 18.7 Å². The SMILES string of the molecule is C#CCCC[C@@H](NC(=O)[C@H](CO)NC(=O)OCc1ccccc1)C(=O)OC. The summed E-state index contributed by atoms with van der Waals surface area (Å²) in [5.41, 5.74) is 0.775. The Labute approximate surface area is 158 Å². The molecule has 1 aromatic carbocycles. The number of hydrogen-bond donors (Lipinski definition) is 3. The summed E-state index contributed by atoms with van der Waals surface area (Å²) in [5.74, 6) is 1.08. The Bertz CT molecular complexity index is 656. The summed E-state index contributed by atoms with van der Waals surface area (Å²) in [6, 6.07) is 6.79. The van der Waals surface area contributed by atoms with E-state index >= 15 is 0 Å². The zero-order valence-electron chi connectivity index (χ0n) is 15.1. The van der Waals surface area contributed by atoms with Crippen LogP contribution in [0.3, 0.4) is 0 Å². The first-order valence-electron chi connectivity index (χ1n) is 8.41. The maximum Gasteiger partial charge on any atom is 0.408 e. The van der Waals surface area contributed by atoms with E-state index in [0.29, 0.717) is 12.8 Å². The van der Waals surface area contributed by atoms with E-state index in [0.717, 1.165) is 5.56 Å². The maximum atomic E-state index is 12.3. The molecule has 2 atom stereocenters. The van der Waals surface area contributed by atoms with Crippen molar-refractivity contribution in [1.82, 2.24) is 10.6 Å². The normalized spacial score (nSPS) is 12.2. The Balaban J connectivity index is 2.56. The average molecular weight is 376 g/mol. The van der Waals surface area contributed by atoms with Crippen LogP contribution in [0.4, 0.5) is 4.79 Å². The van der Waals surface area contributed by atoms with Gasteiger partial charge in [-0.2, -0.15) is 0 Å². The van der Waals surface area contributed by atoms with Gasteiger partial charge in [-0.15, -0.1) is 12.3 Å². The highest BCUT2D eigenvalue weighted by atomic mass is 16.5. The number of carbonyl (C=O) groups is 3. The lowest BCUT2D eigenvalue weighted by Crippen LogP contribution is -2.53. The molecule has 0 heterocycles. The van der Waals surface area contributed by atoms with Crippen LogP contribution >= 0.6 is 0 Å². The second-order valence-corrected chi connectivity index (χ2v) is 5.62. The maximum absolute atomic E-state index is 12.3. The van der Waals surface area contributed by atoms with Gasteiger partial charge in [0.05, 0.1) is 13.7 Å². The first-order valence-corrected chi connectivity index (χ1v) is 8.41. The van der Waals surface area contributed by atoms with Gasteiger partial charge in [-0.25, -0.2) is 9.59 Å². The number of amides is 2. The molecule has 0 saturated heterocycles. The standard InChI is InChI=1S/C19H24N2O6/c1-3-4-6-11-15(18(24)26-2)20-17(23)16(12-22)21-19(25)27-13-14-9-7-5-8-10-14/h1,5,7-10,15-16,22H,4,6,11-13H2,2H3,(H,20,23)(H,21,25)/t15-,16+/m1/s1. The Hall–Kier alpha value is -3.05. The van der Waals surface area contributed by atoms with E-state index in [2.05, 4.69) is 21.3 Å². The highest BCUT2D eigenvalue weighted by molar-refractivity contribution is 5.89. The van der Waals surface area contributed by atoms with Crippen LogP contribution < -0.4 is 10.6 Å². The van der Waals surface area contributed by atoms with Crippen molar-refractivity contribution in [1.29, 1.82) is 0 Å². The molecule has 0 unspecified atom stereocenters. The molecule has 0 saturated carbocycles. The number of rotatable bonds is 10. The van der Waals surface area contributed by atoms with E-state index in [9.17, 15) is 19.5 Å². The number of benzene rings is 1. The first-order chi connectivity index (χ1) is 13.0. The lowest BCUT2D eigenvalue weighted by Gasteiger charge is -2.20. The Morgan fingerprint density at radius 1 is 1.19 bits per heavy atom. The number of unbranched alkanes of at least 4 members (excludes halogenated alkanes) is 1. The molecule has 0 spiro atoms. The second kappa shape index (κ2) is 12.3. The zero-order chi connectivity index (χ0) is 20.1. The van der Waals surface area contributed by atoms with Gasteiger partial charge >= 0.3 is 12.1 Å². The highest BCUT2D eigenvalue weighted by Gasteiger charge is 2.27. The first kappa shape index (κ1) is 22.0. The molecule has 3 N–H and O–H groups in total. The lowest BCUT2D eigenvalue weighted by atomic mass is 10.1. The molecule has 146 valence electrons. The van der Waals surface area contributed by atoms with E-state index in [1.807, 2.05) is 6.07 Å². The number of esters is 1. The van der Waals surface area contributed by atoms with Crippen LogP contribution in [0.5, 0.6) is 0 Å². The van der Waals surface area contributed by atoms with Gasteiger partial charge in [-0.05, 0) is 18.4 Å². The van der Waals surface area contributed by atoms with Crippen molar-refractivity contribution in [2.75, 3.05) is 13.7 Å². The molecule has 27 heavy (non-hydrogen) atoms. The molecule has 0 bridgehead atoms. The monoisotopic (exact) mass is 376 g/mol. The van der Waals surface area contributed by atoms with Crippen LogP contribution in [-0.2, 0) is 25.7 Å². The summed E-state index contributed by atoms with van der Waals surface area (Å²) in [6.45, 7) is -0.645. The van der Waals surface area contributed by atoms with Crippen molar-refractivity contribution < 1.29 is 29.0 Å². The van der Waals surface area contributed by atoms with E-state index in [4.69, 9.17) is 11.2 Å². The summed E-state index contributed by atoms with van der Waals surface area (Å²) in [7, 11) is 1.20. The van der Waals surface area contributed by atoms with Crippen molar-refractivity contribution in [2.24, 2.45) is 0 Å². The molecule has 0 aliphatic carbocycles. The topological polar surface area (TPSA) is 114 Å². The Morgan fingerprint density at radius 3 is 2.48 bits per heavy atom. The third-order valence-corrected chi connectivity index (χ3v) is 3.62. The molecule has 0 aromatic heterocycles. The molecule has 1 aromatic rings. The van der Waals surface area contributed by atoms with Crippen molar-refractivity contribution in [2.45, 2.75) is 38.0 Å². The summed E-state index contributed by atoms with van der Waals surface area (Å²) in [4.78, 5) is 35.9. The molecule has 8 heteroatoms. The van der Waals surface area contributed by atoms with Crippen LogP contribution in [0.15, 0.2) is 30.3 Å². The Kier molecular flexibility index (Phi) is 10.0. The fourth-order valence-corrected chi connectivity index (χ4v) is 2.17. The van der Waals surface area contributed by atoms with Gasteiger partial charge in [0, 0.05) is 6.42 Å². The lowest BCUT2D eigenvalue weighted by molar-refractivity contribution is -0.145. The molecule has 0 fully saturated rings. The number of carbonyl (C=O) groups excluding carboxylic acids is 3. The van der Waals surface area contributed by atoms with Gasteiger partial charge in [0.2, 0.25) is 5.91 Å². The molecule has 1 rings (SSSR count). The van der Waals surface area contributed by atoms with Gasteiger partial charge in [-0.1, -0.05) is 30.3 Å². The molecular formula is C19H24N2O6. The smallest absolute Gasteiger partial charge is 0.408 e. The van der Waals surface area contributed by atoms with Crippen LogP contribution in [-0.4, -0.2) is 48.9 Å². The van der Waals surface area contributed by atoms with Crippen molar-refractivity contribution in [3.63, 3.8) is 0 Å². The number of aliphatic hydroxyl groups is 1. The van der Waals surface area contributed by atoms with Gasteiger partial charge in [0.15, 0.2) is 0 Å². The van der Waals surface area contributed by atoms with Crippen LogP contribution in [0.2, 0.25) is 0 Å². The number of methoxy groups -OCH3 is 1. The van der Waals surface area contributed by atoms with Crippen LogP contribution in [0.1, 0.15) is 24.8 Å². The number of hydrogen-bond acceptors (Lipinski definition) is 6. The van der Waals surface area contributed by atoms with Crippen molar-refractivity contribution in [3.8, 4) is 12.3 Å². The second-order valence-electron chi connectivity index (χ2n) is 5.62. The average Bonchev–Trinajstić information content (AvgIpc) is 2.69. The van der Waals surface area contributed by atoms with Crippen molar-refractivity contribution in [3.05, 3.63) is 35.9 Å². The predicted molar refractivity (Wildman–Crippen MR) is 97.3 cm³/mol. The van der Waals surface area contributed by atoms with Crippen molar-refractivity contribution >= 4 is 18.0 Å². The summed E-state index contributed by atoms with van der Waals surface area (Å²) >= 11 is 0. The minimum absolute atomic E-state index is 0.0172. The fraction of sp³-hybridized carbons (Fsp3) is 0.421. The third kappa shape index (κ3) is 8.25. The number of alkyl carbamates (subject to hydrolysis) is 1. The largest absolute Gasteiger partial charge is 0.467 e. The quantitative estimate of drug-likeness (QED) is 0.315. The van der Waals surface area contributed by atoms with Gasteiger partial charge in [-0.3, -0.25) is 4.79 Å². The highest BCUT2D eigenvalue weighted by Crippen LogP contribution is 2.04. The molecular weight excluding hydrogens is 352 g/mol. The molecule has 8 nitrogen and oxygen atoms in total. The Morgan fingerprint density at radius 2 is 1.89 bits per heavy atom. The summed E-state index contributed by atoms with van der Waals surface area (Å²) in [5, 5.41) is 14.1. The van der Waals surface area contributed by atoms with E-state index in [1.54, 1.807) is 24.3 Å². The van der Waals surface area contributed by atoms with E-state index < -0.39 is 36.7 Å². The molecule has 0 aliphatic heterocycles. The molecule has 0 aliphatic rings. The minimum Gasteiger partial charge on any atom is -0.467 e. The number of nitrogens with one attached hydrogen (secondary N) is 2. The zero-order valence-corrected chi connectivity index (χ0v) is 15.1. The van der Waals surface area contributed by atoms with E-state index in [-0.39, 0.29) is 13.0 Å². The van der Waals surface area contributed by atoms with Gasteiger partial charge < -0.3 is 25.2 Å².